The van der Waals surface area contributed by atoms with Crippen molar-refractivity contribution in [2.75, 3.05) is 25.7 Å². The highest BCUT2D eigenvalue weighted by atomic mass is 32.1. The zero-order valence-corrected chi connectivity index (χ0v) is 19.0. The molecule has 2 heterocycles. The second-order valence-electron chi connectivity index (χ2n) is 6.47. The summed E-state index contributed by atoms with van der Waals surface area (Å²) in [6.45, 7) is 6.25. The summed E-state index contributed by atoms with van der Waals surface area (Å²) in [6, 6.07) is 5.39. The van der Waals surface area contributed by atoms with Gasteiger partial charge in [-0.2, -0.15) is 0 Å². The third-order valence-electron chi connectivity index (χ3n) is 4.41. The summed E-state index contributed by atoms with van der Waals surface area (Å²) in [4.78, 5) is 33.9. The second-order valence-corrected chi connectivity index (χ2v) is 7.47. The predicted octanol–water partition coefficient (Wildman–Crippen LogP) is 3.74. The number of nitrogens with zero attached hydrogens (tertiary/aromatic N) is 2. The number of anilines is 1. The Morgan fingerprint density at radius 3 is 2.69 bits per heavy atom. The largest absolute Gasteiger partial charge is 0.493 e. The third kappa shape index (κ3) is 5.14. The quantitative estimate of drug-likeness (QED) is 0.285. The normalized spacial score (nSPS) is 10.9. The zero-order chi connectivity index (χ0) is 23.1. The van der Waals surface area contributed by atoms with E-state index in [-0.39, 0.29) is 12.5 Å². The predicted molar refractivity (Wildman–Crippen MR) is 123 cm³/mol. The van der Waals surface area contributed by atoms with Crippen LogP contribution < -0.4 is 20.3 Å². The van der Waals surface area contributed by atoms with Gasteiger partial charge in [0.05, 0.1) is 25.7 Å². The maximum absolute atomic E-state index is 12.3. The summed E-state index contributed by atoms with van der Waals surface area (Å²) in [7, 11) is 1.56. The number of thiophene rings is 1. The van der Waals surface area contributed by atoms with E-state index < -0.39 is 5.97 Å². The van der Waals surface area contributed by atoms with E-state index in [1.807, 2.05) is 13.0 Å². The van der Waals surface area contributed by atoms with Gasteiger partial charge >= 0.3 is 5.97 Å². The fourth-order valence-electron chi connectivity index (χ4n) is 2.95. The Morgan fingerprint density at radius 1 is 1.16 bits per heavy atom. The maximum Gasteiger partial charge on any atom is 0.348 e. The molecule has 1 amide bonds. The fourth-order valence-corrected chi connectivity index (χ4v) is 4.00. The van der Waals surface area contributed by atoms with E-state index in [0.29, 0.717) is 44.6 Å². The molecular formula is C22H24N4O5S. The van der Waals surface area contributed by atoms with Gasteiger partial charge in [-0.1, -0.05) is 6.07 Å². The Bertz CT molecular complexity index is 1160. The molecule has 0 radical (unpaired) electrons. The van der Waals surface area contributed by atoms with E-state index in [4.69, 9.17) is 14.2 Å². The number of hydrogen-bond donors (Lipinski definition) is 2. The lowest BCUT2D eigenvalue weighted by Crippen LogP contribution is -2.28. The molecule has 1 aromatic carbocycles. The number of hydrazine groups is 1. The maximum atomic E-state index is 12.3. The van der Waals surface area contributed by atoms with Crippen LogP contribution in [0.4, 0.5) is 5.82 Å². The van der Waals surface area contributed by atoms with Crippen LogP contribution in [-0.2, 0) is 9.53 Å². The van der Waals surface area contributed by atoms with Crippen molar-refractivity contribution >= 4 is 45.3 Å². The van der Waals surface area contributed by atoms with Gasteiger partial charge in [0.25, 0.3) is 5.91 Å². The molecule has 3 rings (SSSR count). The van der Waals surface area contributed by atoms with E-state index in [9.17, 15) is 9.59 Å². The molecule has 9 nitrogen and oxygen atoms in total. The molecule has 0 aliphatic rings. The number of aryl methyl sites for hydroxylation is 1. The highest BCUT2D eigenvalue weighted by Crippen LogP contribution is 2.33. The average Bonchev–Trinajstić information content (AvgIpc) is 3.14. The van der Waals surface area contributed by atoms with Gasteiger partial charge in [0, 0.05) is 6.08 Å². The molecule has 0 aliphatic heterocycles. The van der Waals surface area contributed by atoms with Crippen LogP contribution >= 0.6 is 11.3 Å². The van der Waals surface area contributed by atoms with Crippen LogP contribution in [0.3, 0.4) is 0 Å². The lowest BCUT2D eigenvalue weighted by Gasteiger charge is -2.09. The van der Waals surface area contributed by atoms with Gasteiger partial charge in [-0.25, -0.2) is 14.8 Å². The van der Waals surface area contributed by atoms with Crippen LogP contribution in [0.15, 0.2) is 30.6 Å². The number of ether oxygens (including phenoxy) is 3. The lowest BCUT2D eigenvalue weighted by atomic mass is 10.2. The van der Waals surface area contributed by atoms with Crippen molar-refractivity contribution in [1.29, 1.82) is 0 Å². The second kappa shape index (κ2) is 10.6. The molecule has 0 bridgehead atoms. The number of methoxy groups -OCH3 is 1. The number of rotatable bonds is 9. The molecule has 0 unspecified atom stereocenters. The zero-order valence-electron chi connectivity index (χ0n) is 18.2. The Balaban J connectivity index is 1.71. The minimum atomic E-state index is -0.406. The first-order valence-corrected chi connectivity index (χ1v) is 10.8. The van der Waals surface area contributed by atoms with E-state index in [2.05, 4.69) is 20.8 Å². The van der Waals surface area contributed by atoms with E-state index in [1.165, 1.54) is 23.7 Å². The average molecular weight is 457 g/mol. The van der Waals surface area contributed by atoms with Crippen LogP contribution in [0, 0.1) is 6.92 Å². The van der Waals surface area contributed by atoms with Crippen LogP contribution in [-0.4, -0.2) is 42.2 Å². The monoisotopic (exact) mass is 456 g/mol. The number of esters is 1. The van der Waals surface area contributed by atoms with Gasteiger partial charge in [-0.15, -0.1) is 11.3 Å². The first-order chi connectivity index (χ1) is 15.5. The molecule has 168 valence electrons. The molecule has 10 heteroatoms. The van der Waals surface area contributed by atoms with Gasteiger partial charge in [0.15, 0.2) is 17.3 Å². The minimum absolute atomic E-state index is 0.284. The third-order valence-corrected chi connectivity index (χ3v) is 5.59. The summed E-state index contributed by atoms with van der Waals surface area (Å²) in [6.07, 6.45) is 4.40. The van der Waals surface area contributed by atoms with Crippen LogP contribution in [0.1, 0.15) is 34.6 Å². The number of amides is 1. The molecule has 0 spiro atoms. The Kier molecular flexibility index (Phi) is 7.61. The molecular weight excluding hydrogens is 432 g/mol. The standard InChI is InChI=1S/C22H24N4O5S/c1-5-30-15-9-7-14(11-16(15)29-4)8-10-17(27)25-26-20-18-13(3)19(22(28)31-6-2)32-21(18)24-12-23-20/h7-12H,5-6H2,1-4H3,(H,25,27)(H,23,24,26)/b10-8+. The Morgan fingerprint density at radius 2 is 1.97 bits per heavy atom. The van der Waals surface area contributed by atoms with E-state index in [1.54, 1.807) is 39.2 Å². The summed E-state index contributed by atoms with van der Waals surface area (Å²) in [5.41, 5.74) is 6.85. The van der Waals surface area contributed by atoms with Crippen molar-refractivity contribution in [3.8, 4) is 11.5 Å². The number of hydrogen-bond acceptors (Lipinski definition) is 9. The van der Waals surface area contributed by atoms with Gasteiger partial charge in [0.1, 0.15) is 16.0 Å². The number of carbonyl (C=O) groups excluding carboxylic acids is 2. The number of aromatic nitrogens is 2. The van der Waals surface area contributed by atoms with Crippen molar-refractivity contribution in [3.05, 3.63) is 46.6 Å². The molecule has 32 heavy (non-hydrogen) atoms. The molecule has 0 saturated carbocycles. The van der Waals surface area contributed by atoms with Crippen LogP contribution in [0.2, 0.25) is 0 Å². The molecule has 0 atom stereocenters. The van der Waals surface area contributed by atoms with Gasteiger partial charge in [0.2, 0.25) is 0 Å². The minimum Gasteiger partial charge on any atom is -0.493 e. The summed E-state index contributed by atoms with van der Waals surface area (Å²) < 4.78 is 15.9. The van der Waals surface area contributed by atoms with Crippen LogP contribution in [0.5, 0.6) is 11.5 Å². The summed E-state index contributed by atoms with van der Waals surface area (Å²) in [5, 5.41) is 0.654. The molecule has 0 fully saturated rings. The fraction of sp³-hybridized carbons (Fsp3) is 0.273. The molecule has 2 N–H and O–H groups in total. The topological polar surface area (TPSA) is 112 Å². The van der Waals surface area contributed by atoms with Crippen molar-refractivity contribution in [1.82, 2.24) is 15.4 Å². The molecule has 0 saturated heterocycles. The van der Waals surface area contributed by atoms with Gasteiger partial charge in [-0.3, -0.25) is 15.6 Å². The molecule has 2 aromatic heterocycles. The highest BCUT2D eigenvalue weighted by Gasteiger charge is 2.20. The number of nitrogens with one attached hydrogen (secondary N) is 2. The van der Waals surface area contributed by atoms with Gasteiger partial charge in [-0.05, 0) is 50.1 Å². The summed E-state index contributed by atoms with van der Waals surface area (Å²) in [5.74, 6) is 0.823. The van der Waals surface area contributed by atoms with Crippen LogP contribution in [0.25, 0.3) is 16.3 Å². The first kappa shape index (κ1) is 23.0. The van der Waals surface area contributed by atoms with E-state index in [0.717, 1.165) is 5.56 Å². The van der Waals surface area contributed by atoms with Crippen molar-refractivity contribution < 1.29 is 23.8 Å². The number of fused-ring (bicyclic) bond motifs is 1. The molecule has 3 aromatic rings. The van der Waals surface area contributed by atoms with Crippen molar-refractivity contribution in [3.63, 3.8) is 0 Å². The first-order valence-electron chi connectivity index (χ1n) is 9.94. The van der Waals surface area contributed by atoms with Crippen molar-refractivity contribution in [2.24, 2.45) is 0 Å². The van der Waals surface area contributed by atoms with E-state index >= 15 is 0 Å². The Labute approximate surface area is 189 Å². The Hall–Kier alpha value is -3.66. The number of benzene rings is 1. The highest BCUT2D eigenvalue weighted by molar-refractivity contribution is 7.20. The smallest absolute Gasteiger partial charge is 0.348 e. The van der Waals surface area contributed by atoms with Crippen molar-refractivity contribution in [2.45, 2.75) is 20.8 Å². The molecule has 0 aliphatic carbocycles. The summed E-state index contributed by atoms with van der Waals surface area (Å²) >= 11 is 1.22. The number of carbonyl (C=O) groups is 2. The SMILES string of the molecule is CCOC(=O)c1sc2ncnc(NNC(=O)/C=C/c3ccc(OCC)c(OC)c3)c2c1C. The van der Waals surface area contributed by atoms with Gasteiger partial charge < -0.3 is 14.2 Å². The lowest BCUT2D eigenvalue weighted by molar-refractivity contribution is -0.116.